The summed E-state index contributed by atoms with van der Waals surface area (Å²) in [7, 11) is 0. The molecule has 0 saturated carbocycles. The number of allylic oxidation sites excluding steroid dienone is 3. The number of para-hydroxylation sites is 2. The summed E-state index contributed by atoms with van der Waals surface area (Å²) < 4.78 is 7.42. The van der Waals surface area contributed by atoms with E-state index in [9.17, 15) is 5.26 Å². The Labute approximate surface area is 275 Å². The van der Waals surface area contributed by atoms with Crippen LogP contribution in [0, 0.1) is 23.2 Å². The highest BCUT2D eigenvalue weighted by molar-refractivity contribution is 7.26. The maximum Gasteiger partial charge on any atom is 0.0991 e. The zero-order valence-corrected chi connectivity index (χ0v) is 26.3. The molecule has 0 N–H and O–H groups in total. The third-order valence-corrected chi connectivity index (χ3v) is 11.2. The quantitative estimate of drug-likeness (QED) is 0.182. The second kappa shape index (κ2) is 10.1. The summed E-state index contributed by atoms with van der Waals surface area (Å²) in [6.07, 6.45) is 11.7. The molecule has 4 heteroatoms. The second-order valence-corrected chi connectivity index (χ2v) is 13.5. The lowest BCUT2D eigenvalue weighted by Crippen LogP contribution is -2.07. The van der Waals surface area contributed by atoms with Gasteiger partial charge in [0.2, 0.25) is 0 Å². The van der Waals surface area contributed by atoms with E-state index in [1.807, 2.05) is 23.5 Å². The largest absolute Gasteiger partial charge is 0.324 e. The molecule has 3 aromatic heterocycles. The van der Waals surface area contributed by atoms with E-state index >= 15 is 0 Å². The Hall–Kier alpha value is -5.81. The fourth-order valence-electron chi connectivity index (χ4n) is 7.91. The Morgan fingerprint density at radius 3 is 2.51 bits per heavy atom. The van der Waals surface area contributed by atoms with E-state index in [1.54, 1.807) is 0 Å². The number of benzene rings is 5. The molecular weight excluding hydrogens is 591 g/mol. The number of hydrogen-bond donors (Lipinski definition) is 0. The standard InChI is InChI=1S/C43H27N3S/c44-26-27-18-22-40(46-38-16-8-4-12-30(38)31-13-5-9-17-39(31)46)35(24-27)28-19-23-41-36(25-28)34-21-20-33-32-14-6-7-15-37(32)45(42(33)43(34)47-41)29-10-2-1-3-11-29/h1-2,4,6-9,12,14-25,29H,5,10,13H2. The highest BCUT2D eigenvalue weighted by Crippen LogP contribution is 2.45. The summed E-state index contributed by atoms with van der Waals surface area (Å²) in [5.41, 5.74) is 10.3. The third kappa shape index (κ3) is 3.80. The molecule has 0 spiro atoms. The van der Waals surface area contributed by atoms with Crippen LogP contribution in [0.1, 0.15) is 35.7 Å². The van der Waals surface area contributed by atoms with Crippen molar-refractivity contribution in [1.82, 2.24) is 9.13 Å². The summed E-state index contributed by atoms with van der Waals surface area (Å²) in [6, 6.07) is 37.5. The second-order valence-electron chi connectivity index (χ2n) is 12.5. The molecule has 47 heavy (non-hydrogen) atoms. The predicted molar refractivity (Wildman–Crippen MR) is 197 cm³/mol. The highest BCUT2D eigenvalue weighted by Gasteiger charge is 2.23. The van der Waals surface area contributed by atoms with E-state index in [0.29, 0.717) is 5.56 Å². The molecule has 0 radical (unpaired) electrons. The van der Waals surface area contributed by atoms with Crippen molar-refractivity contribution in [2.45, 2.75) is 25.3 Å². The van der Waals surface area contributed by atoms with Gasteiger partial charge in [-0.3, -0.25) is 0 Å². The number of aromatic nitrogens is 2. The molecular formula is C43H27N3S. The van der Waals surface area contributed by atoms with Crippen LogP contribution in [0.2, 0.25) is 0 Å². The molecule has 1 unspecified atom stereocenters. The number of thiophene rings is 1. The summed E-state index contributed by atoms with van der Waals surface area (Å²) in [6.45, 7) is 0. The first kappa shape index (κ1) is 26.4. The average molecular weight is 618 g/mol. The number of fused-ring (bicyclic) bond motifs is 10. The summed E-state index contributed by atoms with van der Waals surface area (Å²) in [4.78, 5) is 0. The van der Waals surface area contributed by atoms with Gasteiger partial charge in [0.05, 0.1) is 44.6 Å². The third-order valence-electron chi connectivity index (χ3n) is 9.96. The topological polar surface area (TPSA) is 33.6 Å². The van der Waals surface area contributed by atoms with Gasteiger partial charge in [-0.25, -0.2) is 0 Å². The Bertz CT molecular complexity index is 2800. The molecule has 0 fully saturated rings. The van der Waals surface area contributed by atoms with Crippen molar-refractivity contribution in [2.24, 2.45) is 0 Å². The first-order valence-corrected chi connectivity index (χ1v) is 17.0. The molecule has 5 aromatic carbocycles. The van der Waals surface area contributed by atoms with E-state index < -0.39 is 0 Å². The number of nitrogens with zero attached hydrogens (tertiary/aromatic N) is 3. The minimum absolute atomic E-state index is 0.0985. The zero-order chi connectivity index (χ0) is 31.1. The average Bonchev–Trinajstić information content (AvgIpc) is 3.79. The van der Waals surface area contributed by atoms with Crippen LogP contribution in [0.25, 0.3) is 75.8 Å². The fourth-order valence-corrected chi connectivity index (χ4v) is 9.14. The van der Waals surface area contributed by atoms with E-state index in [0.717, 1.165) is 36.1 Å². The van der Waals surface area contributed by atoms with Gasteiger partial charge in [0.1, 0.15) is 0 Å². The van der Waals surface area contributed by atoms with E-state index in [-0.39, 0.29) is 6.04 Å². The van der Waals surface area contributed by atoms with Gasteiger partial charge in [0.15, 0.2) is 0 Å². The van der Waals surface area contributed by atoms with Crippen molar-refractivity contribution in [2.75, 3.05) is 0 Å². The van der Waals surface area contributed by atoms with Gasteiger partial charge in [-0.05, 0) is 85.0 Å². The van der Waals surface area contributed by atoms with Crippen molar-refractivity contribution in [3.8, 4) is 34.7 Å². The zero-order valence-electron chi connectivity index (χ0n) is 25.5. The predicted octanol–water partition coefficient (Wildman–Crippen LogP) is 11.1. The smallest absolute Gasteiger partial charge is 0.0991 e. The Balaban J connectivity index is 1.24. The van der Waals surface area contributed by atoms with Gasteiger partial charge in [0.25, 0.3) is 0 Å². The maximum atomic E-state index is 9.99. The maximum absolute atomic E-state index is 9.99. The Morgan fingerprint density at radius 2 is 1.64 bits per heavy atom. The van der Waals surface area contributed by atoms with Crippen LogP contribution in [-0.2, 0) is 6.42 Å². The van der Waals surface area contributed by atoms with Gasteiger partial charge < -0.3 is 9.13 Å². The number of hydrogen-bond acceptors (Lipinski definition) is 2. The number of aryl methyl sites for hydroxylation is 1. The number of rotatable bonds is 3. The van der Waals surface area contributed by atoms with E-state index in [4.69, 9.17) is 0 Å². The van der Waals surface area contributed by atoms with Gasteiger partial charge in [-0.15, -0.1) is 11.3 Å². The van der Waals surface area contributed by atoms with Gasteiger partial charge in [-0.2, -0.15) is 5.26 Å². The SMILES string of the molecule is N#Cc1ccc(-n2c3c(c4ccccc42)CCC=C3)c(-c2ccc3sc4c(ccc5c6ccccc6n(C6C#CC=CC6)c54)c3c2)c1. The van der Waals surface area contributed by atoms with Crippen molar-refractivity contribution >= 4 is 70.3 Å². The molecule has 0 aliphatic heterocycles. The fraction of sp³-hybridized carbons (Fsp3) is 0.0930. The molecule has 1 atom stereocenters. The molecule has 220 valence electrons. The van der Waals surface area contributed by atoms with E-state index in [2.05, 4.69) is 136 Å². The normalized spacial score (nSPS) is 15.4. The first-order valence-electron chi connectivity index (χ1n) is 16.2. The molecule has 8 aromatic rings. The molecule has 3 heterocycles. The molecule has 0 saturated heterocycles. The van der Waals surface area contributed by atoms with Crippen molar-refractivity contribution in [1.29, 1.82) is 5.26 Å². The lowest BCUT2D eigenvalue weighted by molar-refractivity contribution is 0.673. The molecule has 0 amide bonds. The first-order chi connectivity index (χ1) is 23.3. The number of nitriles is 1. The van der Waals surface area contributed by atoms with Crippen molar-refractivity contribution in [3.05, 3.63) is 132 Å². The Kier molecular flexibility index (Phi) is 5.67. The Morgan fingerprint density at radius 1 is 0.787 bits per heavy atom. The van der Waals surface area contributed by atoms with Crippen LogP contribution in [0.3, 0.4) is 0 Å². The summed E-state index contributed by atoms with van der Waals surface area (Å²) >= 11 is 1.86. The van der Waals surface area contributed by atoms with Crippen molar-refractivity contribution < 1.29 is 0 Å². The highest BCUT2D eigenvalue weighted by atomic mass is 32.1. The van der Waals surface area contributed by atoms with Crippen LogP contribution in [-0.4, -0.2) is 9.13 Å². The van der Waals surface area contributed by atoms with E-state index in [1.165, 1.54) is 64.1 Å². The molecule has 3 nitrogen and oxygen atoms in total. The monoisotopic (exact) mass is 617 g/mol. The van der Waals surface area contributed by atoms with Gasteiger partial charge in [-0.1, -0.05) is 78.6 Å². The van der Waals surface area contributed by atoms with Gasteiger partial charge in [0, 0.05) is 42.9 Å². The summed E-state index contributed by atoms with van der Waals surface area (Å²) in [5, 5.41) is 16.3. The van der Waals surface area contributed by atoms with Crippen LogP contribution >= 0.6 is 11.3 Å². The summed E-state index contributed by atoms with van der Waals surface area (Å²) in [5.74, 6) is 6.73. The van der Waals surface area contributed by atoms with Crippen LogP contribution in [0.4, 0.5) is 0 Å². The van der Waals surface area contributed by atoms with Crippen LogP contribution in [0.15, 0.2) is 115 Å². The van der Waals surface area contributed by atoms with Crippen LogP contribution in [0.5, 0.6) is 0 Å². The van der Waals surface area contributed by atoms with Gasteiger partial charge >= 0.3 is 0 Å². The van der Waals surface area contributed by atoms with Crippen molar-refractivity contribution in [3.63, 3.8) is 0 Å². The lowest BCUT2D eigenvalue weighted by atomic mass is 9.98. The molecule has 2 aliphatic carbocycles. The minimum Gasteiger partial charge on any atom is -0.324 e. The minimum atomic E-state index is 0.0985. The molecule has 10 rings (SSSR count). The molecule has 2 aliphatic rings. The van der Waals surface area contributed by atoms with Crippen LogP contribution < -0.4 is 0 Å². The molecule has 0 bridgehead atoms. The lowest BCUT2D eigenvalue weighted by Gasteiger charge is -2.17.